The predicted molar refractivity (Wildman–Crippen MR) is 74.0 cm³/mol. The van der Waals surface area contributed by atoms with E-state index in [1.807, 2.05) is 42.5 Å². The van der Waals surface area contributed by atoms with Gasteiger partial charge < -0.3 is 5.11 Å². The lowest BCUT2D eigenvalue weighted by Gasteiger charge is -2.16. The van der Waals surface area contributed by atoms with Crippen LogP contribution in [0.2, 0.25) is 0 Å². The molecule has 1 nitrogen and oxygen atoms in total. The number of hydrogen-bond donors (Lipinski definition) is 1. The zero-order valence-corrected chi connectivity index (χ0v) is 11.3. The highest BCUT2D eigenvalue weighted by Gasteiger charge is 2.15. The van der Waals surface area contributed by atoms with Crippen molar-refractivity contribution >= 4 is 15.9 Å². The number of hydrogen-bond acceptors (Lipinski definition) is 1. The van der Waals surface area contributed by atoms with Gasteiger partial charge in [0.1, 0.15) is 6.10 Å². The molecular formula is C15H15BrO. The molecule has 2 heteroatoms. The van der Waals surface area contributed by atoms with Crippen LogP contribution in [0.1, 0.15) is 29.7 Å². The molecule has 0 aliphatic rings. The average Bonchev–Trinajstić information content (AvgIpc) is 2.38. The van der Waals surface area contributed by atoms with E-state index in [0.717, 1.165) is 22.0 Å². The van der Waals surface area contributed by atoms with E-state index >= 15 is 0 Å². The summed E-state index contributed by atoms with van der Waals surface area (Å²) >= 11 is 3.48. The normalized spacial score (nSPS) is 12.4. The van der Waals surface area contributed by atoms with Crippen LogP contribution in [0, 0.1) is 0 Å². The lowest BCUT2D eigenvalue weighted by Crippen LogP contribution is -2.03. The first-order valence-corrected chi connectivity index (χ1v) is 6.53. The highest BCUT2D eigenvalue weighted by atomic mass is 79.9. The summed E-state index contributed by atoms with van der Waals surface area (Å²) < 4.78 is 0.943. The van der Waals surface area contributed by atoms with E-state index in [1.165, 1.54) is 5.56 Å². The van der Waals surface area contributed by atoms with Crippen molar-refractivity contribution in [3.05, 3.63) is 69.7 Å². The molecule has 0 amide bonds. The fourth-order valence-electron chi connectivity index (χ4n) is 1.99. The van der Waals surface area contributed by atoms with Gasteiger partial charge in [-0.3, -0.25) is 0 Å². The van der Waals surface area contributed by atoms with Crippen LogP contribution < -0.4 is 0 Å². The minimum absolute atomic E-state index is 0.568. The Bertz CT molecular complexity index is 508. The lowest BCUT2D eigenvalue weighted by atomic mass is 9.96. The number of benzene rings is 2. The summed E-state index contributed by atoms with van der Waals surface area (Å²) in [5.74, 6) is 0. The molecule has 88 valence electrons. The van der Waals surface area contributed by atoms with E-state index in [2.05, 4.69) is 28.9 Å². The van der Waals surface area contributed by atoms with Crippen LogP contribution in [0.4, 0.5) is 0 Å². The Balaban J connectivity index is 2.44. The van der Waals surface area contributed by atoms with E-state index in [-0.39, 0.29) is 0 Å². The third-order valence-corrected chi connectivity index (χ3v) is 3.65. The minimum atomic E-state index is -0.568. The molecule has 0 unspecified atom stereocenters. The van der Waals surface area contributed by atoms with Crippen molar-refractivity contribution in [3.8, 4) is 0 Å². The van der Waals surface area contributed by atoms with Gasteiger partial charge in [0, 0.05) is 4.47 Å². The van der Waals surface area contributed by atoms with Crippen LogP contribution in [-0.2, 0) is 6.42 Å². The minimum Gasteiger partial charge on any atom is -0.384 e. The zero-order chi connectivity index (χ0) is 12.3. The Morgan fingerprint density at radius 1 is 1.00 bits per heavy atom. The quantitative estimate of drug-likeness (QED) is 0.903. The summed E-state index contributed by atoms with van der Waals surface area (Å²) in [4.78, 5) is 0. The van der Waals surface area contributed by atoms with Crippen molar-refractivity contribution in [1.29, 1.82) is 0 Å². The van der Waals surface area contributed by atoms with Gasteiger partial charge in [-0.1, -0.05) is 65.3 Å². The van der Waals surface area contributed by atoms with E-state index in [9.17, 15) is 5.11 Å². The molecule has 1 atom stereocenters. The topological polar surface area (TPSA) is 20.2 Å². The number of halogens is 1. The zero-order valence-electron chi connectivity index (χ0n) is 9.73. The van der Waals surface area contributed by atoms with Gasteiger partial charge >= 0.3 is 0 Å². The van der Waals surface area contributed by atoms with Gasteiger partial charge in [0.25, 0.3) is 0 Å². The molecule has 0 aromatic heterocycles. The van der Waals surface area contributed by atoms with Crippen molar-refractivity contribution in [3.63, 3.8) is 0 Å². The molecule has 0 bridgehead atoms. The second kappa shape index (κ2) is 5.48. The van der Waals surface area contributed by atoms with Crippen LogP contribution in [0.5, 0.6) is 0 Å². The molecule has 2 aromatic rings. The Kier molecular flexibility index (Phi) is 3.97. The monoisotopic (exact) mass is 290 g/mol. The molecule has 17 heavy (non-hydrogen) atoms. The van der Waals surface area contributed by atoms with Crippen LogP contribution >= 0.6 is 15.9 Å². The first kappa shape index (κ1) is 12.3. The predicted octanol–water partition coefficient (Wildman–Crippen LogP) is 4.09. The number of aryl methyl sites for hydroxylation is 1. The van der Waals surface area contributed by atoms with Gasteiger partial charge in [0.2, 0.25) is 0 Å². The summed E-state index contributed by atoms with van der Waals surface area (Å²) in [5.41, 5.74) is 3.09. The Hall–Kier alpha value is -1.12. The standard InChI is InChI=1S/C15H15BrO/c1-2-11-7-3-4-8-12(11)15(17)13-9-5-6-10-14(13)16/h3-10,15,17H,2H2,1H3/t15-/m0/s1. The fraction of sp³-hybridized carbons (Fsp3) is 0.200. The van der Waals surface area contributed by atoms with E-state index in [4.69, 9.17) is 0 Å². The molecule has 0 fully saturated rings. The molecule has 2 rings (SSSR count). The number of aliphatic hydroxyl groups excluding tert-OH is 1. The molecule has 0 aliphatic heterocycles. The SMILES string of the molecule is CCc1ccccc1[C@H](O)c1ccccc1Br. The summed E-state index contributed by atoms with van der Waals surface area (Å²) in [7, 11) is 0. The number of aliphatic hydroxyl groups is 1. The van der Waals surface area contributed by atoms with Crippen molar-refractivity contribution < 1.29 is 5.11 Å². The maximum atomic E-state index is 10.5. The Morgan fingerprint density at radius 3 is 2.24 bits per heavy atom. The van der Waals surface area contributed by atoms with Gasteiger partial charge in [-0.15, -0.1) is 0 Å². The highest BCUT2D eigenvalue weighted by molar-refractivity contribution is 9.10. The maximum Gasteiger partial charge on any atom is 0.105 e. The molecule has 0 saturated heterocycles. The molecule has 0 saturated carbocycles. The summed E-state index contributed by atoms with van der Waals surface area (Å²) in [6.45, 7) is 2.10. The molecule has 0 aliphatic carbocycles. The van der Waals surface area contributed by atoms with Crippen LogP contribution in [0.15, 0.2) is 53.0 Å². The summed E-state index contributed by atoms with van der Waals surface area (Å²) in [6.07, 6.45) is 0.360. The molecule has 0 radical (unpaired) electrons. The van der Waals surface area contributed by atoms with E-state index in [1.54, 1.807) is 0 Å². The lowest BCUT2D eigenvalue weighted by molar-refractivity contribution is 0.218. The van der Waals surface area contributed by atoms with Gasteiger partial charge in [-0.25, -0.2) is 0 Å². The molecular weight excluding hydrogens is 276 g/mol. The Labute approximate surface area is 110 Å². The molecule has 1 N–H and O–H groups in total. The average molecular weight is 291 g/mol. The van der Waals surface area contributed by atoms with Crippen molar-refractivity contribution in [1.82, 2.24) is 0 Å². The van der Waals surface area contributed by atoms with Gasteiger partial charge in [0.05, 0.1) is 0 Å². The summed E-state index contributed by atoms with van der Waals surface area (Å²) in [6, 6.07) is 15.8. The van der Waals surface area contributed by atoms with E-state index < -0.39 is 6.10 Å². The summed E-state index contributed by atoms with van der Waals surface area (Å²) in [5, 5.41) is 10.5. The first-order chi connectivity index (χ1) is 8.24. The maximum absolute atomic E-state index is 10.5. The second-order valence-corrected chi connectivity index (χ2v) is 4.83. The smallest absolute Gasteiger partial charge is 0.105 e. The molecule has 2 aromatic carbocycles. The van der Waals surface area contributed by atoms with Crippen molar-refractivity contribution in [2.24, 2.45) is 0 Å². The van der Waals surface area contributed by atoms with Crippen LogP contribution in [-0.4, -0.2) is 5.11 Å². The van der Waals surface area contributed by atoms with Crippen LogP contribution in [0.25, 0.3) is 0 Å². The van der Waals surface area contributed by atoms with Crippen molar-refractivity contribution in [2.45, 2.75) is 19.4 Å². The fourth-order valence-corrected chi connectivity index (χ4v) is 2.49. The first-order valence-electron chi connectivity index (χ1n) is 5.74. The highest BCUT2D eigenvalue weighted by Crippen LogP contribution is 2.30. The molecule has 0 heterocycles. The van der Waals surface area contributed by atoms with Crippen LogP contribution in [0.3, 0.4) is 0 Å². The van der Waals surface area contributed by atoms with Gasteiger partial charge in [0.15, 0.2) is 0 Å². The van der Waals surface area contributed by atoms with E-state index in [0.29, 0.717) is 0 Å². The third-order valence-electron chi connectivity index (χ3n) is 2.93. The third kappa shape index (κ3) is 2.59. The Morgan fingerprint density at radius 2 is 1.59 bits per heavy atom. The number of rotatable bonds is 3. The van der Waals surface area contributed by atoms with Gasteiger partial charge in [-0.2, -0.15) is 0 Å². The van der Waals surface area contributed by atoms with Crippen molar-refractivity contribution in [2.75, 3.05) is 0 Å². The van der Waals surface area contributed by atoms with Gasteiger partial charge in [-0.05, 0) is 29.2 Å². The molecule has 0 spiro atoms. The largest absolute Gasteiger partial charge is 0.384 e. The second-order valence-electron chi connectivity index (χ2n) is 3.98.